The van der Waals surface area contributed by atoms with Crippen LogP contribution in [0, 0.1) is 6.92 Å². The average molecular weight is 191 g/mol. The van der Waals surface area contributed by atoms with Gasteiger partial charge in [-0.25, -0.2) is 0 Å². The lowest BCUT2D eigenvalue weighted by Gasteiger charge is -2.11. The second kappa shape index (κ2) is 3.71. The van der Waals surface area contributed by atoms with Crippen LogP contribution in [-0.4, -0.2) is 17.7 Å². The van der Waals surface area contributed by atoms with Crippen molar-refractivity contribution in [2.24, 2.45) is 0 Å². The van der Waals surface area contributed by atoms with Gasteiger partial charge >= 0.3 is 0 Å². The molecule has 0 amide bonds. The Labute approximate surface area is 85.0 Å². The zero-order valence-corrected chi connectivity index (χ0v) is 8.75. The summed E-state index contributed by atoms with van der Waals surface area (Å²) in [5.74, 6) is 0. The summed E-state index contributed by atoms with van der Waals surface area (Å²) in [5.41, 5.74) is 3.65. The average Bonchev–Trinajstić information content (AvgIpc) is 2.26. The molecule has 1 aromatic rings. The Morgan fingerprint density at radius 1 is 1.43 bits per heavy atom. The van der Waals surface area contributed by atoms with Crippen LogP contribution < -0.4 is 5.32 Å². The highest BCUT2D eigenvalue weighted by atomic mass is 16.3. The number of β-amino-alcohol motifs (C(OH)–C–C–N with tert-alkyl or cyclic N) is 1. The zero-order chi connectivity index (χ0) is 10.1. The van der Waals surface area contributed by atoms with E-state index in [0.717, 1.165) is 12.0 Å². The van der Waals surface area contributed by atoms with Crippen molar-refractivity contribution >= 4 is 0 Å². The normalized spacial score (nSPS) is 26.8. The monoisotopic (exact) mass is 191 g/mol. The lowest BCUT2D eigenvalue weighted by atomic mass is 9.97. The Morgan fingerprint density at radius 3 is 3.00 bits per heavy atom. The molecule has 0 saturated heterocycles. The lowest BCUT2D eigenvalue weighted by Crippen LogP contribution is -2.28. The van der Waals surface area contributed by atoms with Crippen LogP contribution in [-0.2, 0) is 6.42 Å². The molecule has 2 N–H and O–H groups in total. The molecule has 76 valence electrons. The molecule has 14 heavy (non-hydrogen) atoms. The van der Waals surface area contributed by atoms with Crippen molar-refractivity contribution in [2.75, 3.05) is 6.54 Å². The predicted octanol–water partition coefficient (Wildman–Crippen LogP) is 1.56. The van der Waals surface area contributed by atoms with Gasteiger partial charge < -0.3 is 10.4 Å². The van der Waals surface area contributed by atoms with Gasteiger partial charge in [-0.05, 0) is 31.4 Å². The van der Waals surface area contributed by atoms with Gasteiger partial charge in [0.1, 0.15) is 0 Å². The van der Waals surface area contributed by atoms with Gasteiger partial charge in [-0.1, -0.05) is 23.8 Å². The van der Waals surface area contributed by atoms with E-state index in [0.29, 0.717) is 12.6 Å². The summed E-state index contributed by atoms with van der Waals surface area (Å²) < 4.78 is 0. The van der Waals surface area contributed by atoms with Crippen molar-refractivity contribution in [2.45, 2.75) is 32.4 Å². The minimum Gasteiger partial charge on any atom is -0.387 e. The highest BCUT2D eigenvalue weighted by molar-refractivity contribution is 5.34. The van der Waals surface area contributed by atoms with Gasteiger partial charge in [0.15, 0.2) is 0 Å². The zero-order valence-electron chi connectivity index (χ0n) is 8.75. The summed E-state index contributed by atoms with van der Waals surface area (Å²) in [6.07, 6.45) is 0.657. The van der Waals surface area contributed by atoms with Crippen molar-refractivity contribution in [3.05, 3.63) is 34.9 Å². The molecule has 1 aliphatic heterocycles. The van der Waals surface area contributed by atoms with Crippen LogP contribution in [0.1, 0.15) is 29.7 Å². The summed E-state index contributed by atoms with van der Waals surface area (Å²) >= 11 is 0. The number of hydrogen-bond acceptors (Lipinski definition) is 2. The van der Waals surface area contributed by atoms with Crippen LogP contribution in [0.4, 0.5) is 0 Å². The minimum atomic E-state index is -0.351. The van der Waals surface area contributed by atoms with E-state index in [9.17, 15) is 5.11 Å². The van der Waals surface area contributed by atoms with E-state index in [1.165, 1.54) is 11.1 Å². The second-order valence-electron chi connectivity index (χ2n) is 4.23. The first kappa shape index (κ1) is 9.69. The molecule has 2 nitrogen and oxygen atoms in total. The van der Waals surface area contributed by atoms with Crippen LogP contribution in [0.25, 0.3) is 0 Å². The molecule has 2 unspecified atom stereocenters. The first-order valence-corrected chi connectivity index (χ1v) is 5.17. The maximum atomic E-state index is 9.89. The third-order valence-corrected chi connectivity index (χ3v) is 2.84. The van der Waals surface area contributed by atoms with Crippen LogP contribution >= 0.6 is 0 Å². The highest BCUT2D eigenvalue weighted by Crippen LogP contribution is 2.23. The number of aliphatic hydroxyl groups is 1. The summed E-state index contributed by atoms with van der Waals surface area (Å²) in [5, 5.41) is 13.2. The maximum absolute atomic E-state index is 9.89. The standard InChI is InChI=1S/C12H17NO/c1-8-3-4-11-10(5-8)6-9(2)13-7-12(11)14/h3-5,9,12-14H,6-7H2,1-2H3. The van der Waals surface area contributed by atoms with E-state index >= 15 is 0 Å². The number of aliphatic hydroxyl groups excluding tert-OH is 1. The second-order valence-corrected chi connectivity index (χ2v) is 4.23. The fourth-order valence-corrected chi connectivity index (χ4v) is 2.06. The first-order valence-electron chi connectivity index (χ1n) is 5.17. The van der Waals surface area contributed by atoms with Crippen LogP contribution in [0.5, 0.6) is 0 Å². The third kappa shape index (κ3) is 1.81. The predicted molar refractivity (Wildman–Crippen MR) is 57.3 cm³/mol. The first-order chi connectivity index (χ1) is 6.66. The molecule has 1 aromatic carbocycles. The van der Waals surface area contributed by atoms with Gasteiger partial charge in [0.05, 0.1) is 6.10 Å². The molecule has 2 rings (SSSR count). The van der Waals surface area contributed by atoms with Crippen molar-refractivity contribution in [3.8, 4) is 0 Å². The highest BCUT2D eigenvalue weighted by Gasteiger charge is 2.18. The molecule has 1 aliphatic rings. The Hall–Kier alpha value is -0.860. The Morgan fingerprint density at radius 2 is 2.21 bits per heavy atom. The molecule has 2 heteroatoms. The number of benzene rings is 1. The molecule has 0 aliphatic carbocycles. The lowest BCUT2D eigenvalue weighted by molar-refractivity contribution is 0.175. The molecule has 0 spiro atoms. The Kier molecular flexibility index (Phi) is 2.57. The number of rotatable bonds is 0. The SMILES string of the molecule is Cc1ccc2c(c1)CC(C)NCC2O. The summed E-state index contributed by atoms with van der Waals surface area (Å²) in [6.45, 7) is 4.91. The van der Waals surface area contributed by atoms with E-state index in [1.54, 1.807) is 0 Å². The molecule has 0 aromatic heterocycles. The fourth-order valence-electron chi connectivity index (χ4n) is 2.06. The van der Waals surface area contributed by atoms with Gasteiger partial charge in [0, 0.05) is 12.6 Å². The summed E-state index contributed by atoms with van der Waals surface area (Å²) in [7, 11) is 0. The van der Waals surface area contributed by atoms with Crippen molar-refractivity contribution in [1.82, 2.24) is 5.32 Å². The smallest absolute Gasteiger partial charge is 0.0917 e. The van der Waals surface area contributed by atoms with E-state index in [1.807, 2.05) is 0 Å². The van der Waals surface area contributed by atoms with Crippen LogP contribution in [0.15, 0.2) is 18.2 Å². The van der Waals surface area contributed by atoms with Gasteiger partial charge in [-0.2, -0.15) is 0 Å². The third-order valence-electron chi connectivity index (χ3n) is 2.84. The molecular formula is C12H17NO. The number of nitrogens with one attached hydrogen (secondary N) is 1. The summed E-state index contributed by atoms with van der Waals surface area (Å²) in [4.78, 5) is 0. The fraction of sp³-hybridized carbons (Fsp3) is 0.500. The van der Waals surface area contributed by atoms with Crippen molar-refractivity contribution < 1.29 is 5.11 Å². The maximum Gasteiger partial charge on any atom is 0.0917 e. The van der Waals surface area contributed by atoms with E-state index in [4.69, 9.17) is 0 Å². The van der Waals surface area contributed by atoms with Crippen molar-refractivity contribution in [3.63, 3.8) is 0 Å². The van der Waals surface area contributed by atoms with E-state index in [2.05, 4.69) is 37.4 Å². The number of fused-ring (bicyclic) bond motifs is 1. The van der Waals surface area contributed by atoms with Crippen LogP contribution in [0.2, 0.25) is 0 Å². The largest absolute Gasteiger partial charge is 0.387 e. The van der Waals surface area contributed by atoms with E-state index < -0.39 is 0 Å². The van der Waals surface area contributed by atoms with E-state index in [-0.39, 0.29) is 6.10 Å². The quantitative estimate of drug-likeness (QED) is 0.652. The van der Waals surface area contributed by atoms with Crippen molar-refractivity contribution in [1.29, 1.82) is 0 Å². The molecule has 0 radical (unpaired) electrons. The van der Waals surface area contributed by atoms with Crippen LogP contribution in [0.3, 0.4) is 0 Å². The molecule has 2 atom stereocenters. The Bertz CT molecular complexity index is 335. The van der Waals surface area contributed by atoms with Gasteiger partial charge in [-0.3, -0.25) is 0 Å². The Balaban J connectivity index is 2.41. The number of hydrogen-bond donors (Lipinski definition) is 2. The molecule has 0 saturated carbocycles. The number of aryl methyl sites for hydroxylation is 1. The molecule has 1 heterocycles. The minimum absolute atomic E-state index is 0.351. The molecule has 0 fully saturated rings. The van der Waals surface area contributed by atoms with Gasteiger partial charge in [0.2, 0.25) is 0 Å². The molecular weight excluding hydrogens is 174 g/mol. The summed E-state index contributed by atoms with van der Waals surface area (Å²) in [6, 6.07) is 6.75. The topological polar surface area (TPSA) is 32.3 Å². The molecule has 0 bridgehead atoms. The van der Waals surface area contributed by atoms with Gasteiger partial charge in [0.25, 0.3) is 0 Å². The van der Waals surface area contributed by atoms with Gasteiger partial charge in [-0.15, -0.1) is 0 Å².